The van der Waals surface area contributed by atoms with Gasteiger partial charge in [-0.15, -0.1) is 0 Å². The van der Waals surface area contributed by atoms with Gasteiger partial charge in [0.2, 0.25) is 5.91 Å². The smallest absolute Gasteiger partial charge is 0.230 e. The quantitative estimate of drug-likeness (QED) is 0.258. The molecule has 1 aromatic heterocycles. The highest BCUT2D eigenvalue weighted by Gasteiger charge is 2.29. The fraction of sp³-hybridized carbons (Fsp3) is 0.312. The predicted molar refractivity (Wildman–Crippen MR) is 148 cm³/mol. The summed E-state index contributed by atoms with van der Waals surface area (Å²) in [6.07, 6.45) is 1.43. The summed E-state index contributed by atoms with van der Waals surface area (Å²) in [4.78, 5) is 17.7. The van der Waals surface area contributed by atoms with Gasteiger partial charge in [-0.05, 0) is 49.2 Å². The van der Waals surface area contributed by atoms with E-state index in [-0.39, 0.29) is 11.8 Å². The Labute approximate surface area is 228 Å². The molecule has 0 fully saturated rings. The van der Waals surface area contributed by atoms with Crippen LogP contribution in [0.5, 0.6) is 0 Å². The lowest BCUT2D eigenvalue weighted by Gasteiger charge is -2.29. The molecule has 0 bridgehead atoms. The van der Waals surface area contributed by atoms with Crippen molar-refractivity contribution in [1.82, 2.24) is 19.6 Å². The number of benzene rings is 3. The Morgan fingerprint density at radius 3 is 2.41 bits per heavy atom. The van der Waals surface area contributed by atoms with E-state index in [1.807, 2.05) is 84.1 Å². The van der Waals surface area contributed by atoms with Crippen molar-refractivity contribution in [3.8, 4) is 5.69 Å². The van der Waals surface area contributed by atoms with Crippen LogP contribution in [0.25, 0.3) is 5.69 Å². The number of hydrogen-bond donors (Lipinski definition) is 0. The van der Waals surface area contributed by atoms with Crippen LogP contribution in [0.4, 0.5) is 8.78 Å². The summed E-state index contributed by atoms with van der Waals surface area (Å²) in [6.45, 7) is 6.55. The molecule has 4 aromatic rings. The van der Waals surface area contributed by atoms with Crippen molar-refractivity contribution in [3.05, 3.63) is 119 Å². The van der Waals surface area contributed by atoms with Gasteiger partial charge >= 0.3 is 0 Å². The Balaban J connectivity index is 1.46. The van der Waals surface area contributed by atoms with Gasteiger partial charge in [0.25, 0.3) is 0 Å². The van der Waals surface area contributed by atoms with Crippen LogP contribution >= 0.6 is 0 Å². The van der Waals surface area contributed by atoms with Crippen LogP contribution < -0.4 is 0 Å². The number of likely N-dealkylation sites (N-methyl/N-ethyl adjacent to an activating group) is 1. The lowest BCUT2D eigenvalue weighted by molar-refractivity contribution is -0.133. The molecule has 0 radical (unpaired) electrons. The topological polar surface area (TPSA) is 41.4 Å². The van der Waals surface area contributed by atoms with Crippen molar-refractivity contribution < 1.29 is 13.6 Å². The second kappa shape index (κ2) is 11.9. The number of carbonyl (C=O) groups excluding carboxylic acids is 1. The molecule has 0 saturated carbocycles. The molecule has 39 heavy (non-hydrogen) atoms. The van der Waals surface area contributed by atoms with Gasteiger partial charge in [-0.1, -0.05) is 55.5 Å². The Morgan fingerprint density at radius 1 is 1.00 bits per heavy atom. The molecule has 1 unspecified atom stereocenters. The highest BCUT2D eigenvalue weighted by Crippen LogP contribution is 2.29. The largest absolute Gasteiger partial charge is 0.336 e. The summed E-state index contributed by atoms with van der Waals surface area (Å²) in [5.41, 5.74) is 5.33. The number of nitrogens with zero attached hydrogens (tertiary/aromatic N) is 4. The van der Waals surface area contributed by atoms with Gasteiger partial charge in [-0.2, -0.15) is 5.10 Å². The van der Waals surface area contributed by atoms with Gasteiger partial charge in [0.05, 0.1) is 29.5 Å². The molecule has 5 nitrogen and oxygen atoms in total. The van der Waals surface area contributed by atoms with Gasteiger partial charge in [0, 0.05) is 43.7 Å². The van der Waals surface area contributed by atoms with E-state index in [1.165, 1.54) is 12.1 Å². The van der Waals surface area contributed by atoms with E-state index >= 15 is 0 Å². The highest BCUT2D eigenvalue weighted by molar-refractivity contribution is 5.83. The van der Waals surface area contributed by atoms with Gasteiger partial charge in [-0.3, -0.25) is 9.69 Å². The summed E-state index contributed by atoms with van der Waals surface area (Å²) in [6, 6.07) is 23.5. The zero-order valence-electron chi connectivity index (χ0n) is 22.5. The first-order chi connectivity index (χ1) is 19.0. The molecule has 0 spiro atoms. The van der Waals surface area contributed by atoms with E-state index in [0.717, 1.165) is 40.7 Å². The van der Waals surface area contributed by atoms with Crippen LogP contribution in [0, 0.1) is 11.6 Å². The molecule has 5 rings (SSSR count). The van der Waals surface area contributed by atoms with Crippen molar-refractivity contribution in [2.24, 2.45) is 0 Å². The van der Waals surface area contributed by atoms with E-state index in [1.54, 1.807) is 0 Å². The molecule has 2 heterocycles. The zero-order valence-corrected chi connectivity index (χ0v) is 22.5. The lowest BCUT2D eigenvalue weighted by atomic mass is 9.94. The molecule has 1 amide bonds. The number of halogens is 2. The first-order valence-electron chi connectivity index (χ1n) is 13.6. The lowest BCUT2D eigenvalue weighted by Crippen LogP contribution is -2.35. The minimum atomic E-state index is -0.442. The Kier molecular flexibility index (Phi) is 8.17. The van der Waals surface area contributed by atoms with Crippen molar-refractivity contribution in [2.75, 3.05) is 13.1 Å². The van der Waals surface area contributed by atoms with E-state index in [0.29, 0.717) is 44.7 Å². The van der Waals surface area contributed by atoms with E-state index in [2.05, 4.69) is 4.90 Å². The standard InChI is InChI=1S/C32H34F2N4O/c1-3-27(23-11-7-5-8-12-23)32(39)37(4-2)22-30-28-21-36(20-24-19-25(33)15-16-29(24)34)18-17-31(28)38(35-30)26-13-9-6-10-14-26/h5-16,19,27H,3-4,17-18,20-22H2,1-2H3. The number of fused-ring (bicyclic) bond motifs is 1. The van der Waals surface area contributed by atoms with E-state index in [4.69, 9.17) is 5.10 Å². The predicted octanol–water partition coefficient (Wildman–Crippen LogP) is 6.25. The molecular weight excluding hydrogens is 494 g/mol. The molecule has 3 aromatic carbocycles. The summed E-state index contributed by atoms with van der Waals surface area (Å²) in [7, 11) is 0. The van der Waals surface area contributed by atoms with Gasteiger partial charge in [0.1, 0.15) is 11.6 Å². The third-order valence-electron chi connectivity index (χ3n) is 7.56. The van der Waals surface area contributed by atoms with Crippen LogP contribution in [-0.4, -0.2) is 38.6 Å². The van der Waals surface area contributed by atoms with Crippen LogP contribution in [-0.2, 0) is 30.8 Å². The maximum Gasteiger partial charge on any atom is 0.230 e. The van der Waals surface area contributed by atoms with Crippen LogP contribution in [0.2, 0.25) is 0 Å². The normalized spacial score (nSPS) is 14.2. The van der Waals surface area contributed by atoms with Gasteiger partial charge in [-0.25, -0.2) is 13.5 Å². The first-order valence-corrected chi connectivity index (χ1v) is 13.6. The number of aromatic nitrogens is 2. The zero-order chi connectivity index (χ0) is 27.4. The second-order valence-corrected chi connectivity index (χ2v) is 10.0. The minimum Gasteiger partial charge on any atom is -0.336 e. The highest BCUT2D eigenvalue weighted by atomic mass is 19.1. The fourth-order valence-corrected chi connectivity index (χ4v) is 5.48. The Morgan fingerprint density at radius 2 is 1.72 bits per heavy atom. The third kappa shape index (κ3) is 5.78. The fourth-order valence-electron chi connectivity index (χ4n) is 5.48. The molecule has 7 heteroatoms. The SMILES string of the molecule is CCC(C(=O)N(CC)Cc1nn(-c2ccccc2)c2c1CN(Cc1cc(F)ccc1F)CC2)c1ccccc1. The van der Waals surface area contributed by atoms with Crippen molar-refractivity contribution in [3.63, 3.8) is 0 Å². The molecule has 1 atom stereocenters. The molecule has 1 aliphatic heterocycles. The number of carbonyl (C=O) groups is 1. The van der Waals surface area contributed by atoms with Crippen molar-refractivity contribution >= 4 is 5.91 Å². The maximum absolute atomic E-state index is 14.4. The summed E-state index contributed by atoms with van der Waals surface area (Å²) < 4.78 is 30.2. The Bertz CT molecular complexity index is 1420. The molecule has 0 saturated heterocycles. The summed E-state index contributed by atoms with van der Waals surface area (Å²) in [5.74, 6) is -0.978. The summed E-state index contributed by atoms with van der Waals surface area (Å²) in [5, 5.41) is 5.03. The van der Waals surface area contributed by atoms with Crippen LogP contribution in [0.1, 0.15) is 54.3 Å². The number of rotatable bonds is 9. The van der Waals surface area contributed by atoms with Crippen LogP contribution in [0.15, 0.2) is 78.9 Å². The van der Waals surface area contributed by atoms with E-state index < -0.39 is 11.6 Å². The second-order valence-electron chi connectivity index (χ2n) is 10.0. The van der Waals surface area contributed by atoms with Crippen molar-refractivity contribution in [2.45, 2.75) is 52.2 Å². The molecule has 1 aliphatic rings. The average molecular weight is 529 g/mol. The van der Waals surface area contributed by atoms with Gasteiger partial charge < -0.3 is 4.90 Å². The molecule has 0 N–H and O–H groups in total. The molecule has 202 valence electrons. The molecule has 0 aliphatic carbocycles. The first kappa shape index (κ1) is 26.8. The summed E-state index contributed by atoms with van der Waals surface area (Å²) >= 11 is 0. The average Bonchev–Trinajstić information content (AvgIpc) is 3.32. The van der Waals surface area contributed by atoms with Crippen LogP contribution in [0.3, 0.4) is 0 Å². The van der Waals surface area contributed by atoms with Crippen molar-refractivity contribution in [1.29, 1.82) is 0 Å². The maximum atomic E-state index is 14.4. The number of amides is 1. The van der Waals surface area contributed by atoms with Gasteiger partial charge in [0.15, 0.2) is 0 Å². The number of hydrogen-bond acceptors (Lipinski definition) is 3. The molecular formula is C32H34F2N4O. The number of para-hydroxylation sites is 1. The third-order valence-corrected chi connectivity index (χ3v) is 7.56. The Hall–Kier alpha value is -3.84. The van der Waals surface area contributed by atoms with E-state index in [9.17, 15) is 13.6 Å². The minimum absolute atomic E-state index is 0.0868. The monoisotopic (exact) mass is 528 g/mol.